The minimum absolute atomic E-state index is 0.0824. The number of hydrogen-bond acceptors (Lipinski definition) is 4. The average Bonchev–Trinajstić information content (AvgIpc) is 2.71. The van der Waals surface area contributed by atoms with Crippen LogP contribution in [0.2, 0.25) is 5.02 Å². The predicted octanol–water partition coefficient (Wildman–Crippen LogP) is 2.67. The van der Waals surface area contributed by atoms with E-state index >= 15 is 0 Å². The molecule has 1 saturated heterocycles. The van der Waals surface area contributed by atoms with Gasteiger partial charge in [-0.05, 0) is 23.3 Å². The van der Waals surface area contributed by atoms with E-state index in [-0.39, 0.29) is 18.6 Å². The van der Waals surface area contributed by atoms with Gasteiger partial charge >= 0.3 is 5.97 Å². The molecule has 1 aliphatic rings. The van der Waals surface area contributed by atoms with E-state index in [1.807, 2.05) is 42.5 Å². The van der Waals surface area contributed by atoms with Gasteiger partial charge in [-0.15, -0.1) is 0 Å². The maximum Gasteiger partial charge on any atom is 0.329 e. The molecule has 1 unspecified atom stereocenters. The van der Waals surface area contributed by atoms with Gasteiger partial charge in [0.2, 0.25) is 5.91 Å². The average molecular weight is 403 g/mol. The van der Waals surface area contributed by atoms with Crippen LogP contribution in [0.25, 0.3) is 0 Å². The molecule has 1 fully saturated rings. The van der Waals surface area contributed by atoms with Crippen LogP contribution in [-0.4, -0.2) is 66.2 Å². The van der Waals surface area contributed by atoms with E-state index in [9.17, 15) is 9.59 Å². The van der Waals surface area contributed by atoms with Crippen molar-refractivity contribution in [1.82, 2.24) is 9.80 Å². The molecule has 1 amide bonds. The van der Waals surface area contributed by atoms with Crippen LogP contribution in [0.15, 0.2) is 54.6 Å². The summed E-state index contributed by atoms with van der Waals surface area (Å²) in [5.41, 5.74) is 2.34. The van der Waals surface area contributed by atoms with Crippen molar-refractivity contribution >= 4 is 23.5 Å². The van der Waals surface area contributed by atoms with Crippen molar-refractivity contribution < 1.29 is 19.4 Å². The van der Waals surface area contributed by atoms with Crippen molar-refractivity contribution in [3.63, 3.8) is 0 Å². The molecule has 2 aromatic rings. The van der Waals surface area contributed by atoms with E-state index in [1.54, 1.807) is 4.90 Å². The van der Waals surface area contributed by atoms with Crippen molar-refractivity contribution in [2.75, 3.05) is 39.4 Å². The molecule has 7 heteroatoms. The van der Waals surface area contributed by atoms with Gasteiger partial charge in [0.1, 0.15) is 13.2 Å². The van der Waals surface area contributed by atoms with Gasteiger partial charge in [-0.3, -0.25) is 9.69 Å². The molecule has 6 nitrogen and oxygen atoms in total. The highest BCUT2D eigenvalue weighted by atomic mass is 35.5. The summed E-state index contributed by atoms with van der Waals surface area (Å²) in [5, 5.41) is 9.30. The second-order valence-corrected chi connectivity index (χ2v) is 7.10. The Hall–Kier alpha value is -2.41. The van der Waals surface area contributed by atoms with Gasteiger partial charge in [0.15, 0.2) is 0 Å². The Labute approximate surface area is 169 Å². The highest BCUT2D eigenvalue weighted by Gasteiger charge is 2.28. The lowest BCUT2D eigenvalue weighted by Gasteiger charge is -2.39. The number of aliphatic carboxylic acids is 1. The molecule has 1 N–H and O–H groups in total. The lowest BCUT2D eigenvalue weighted by Crippen LogP contribution is -2.50. The molecule has 1 atom stereocenters. The zero-order valence-corrected chi connectivity index (χ0v) is 16.2. The van der Waals surface area contributed by atoms with Crippen LogP contribution in [0.1, 0.15) is 17.2 Å². The number of carbonyl (C=O) groups is 2. The Morgan fingerprint density at radius 1 is 0.929 bits per heavy atom. The van der Waals surface area contributed by atoms with E-state index < -0.39 is 12.6 Å². The first-order chi connectivity index (χ1) is 13.5. The molecule has 28 heavy (non-hydrogen) atoms. The number of ether oxygens (including phenoxy) is 1. The number of hydrogen-bond donors (Lipinski definition) is 1. The largest absolute Gasteiger partial charge is 0.480 e. The molecule has 148 valence electrons. The molecule has 2 aromatic carbocycles. The molecular formula is C21H23ClN2O4. The fourth-order valence-corrected chi connectivity index (χ4v) is 3.57. The zero-order chi connectivity index (χ0) is 19.9. The van der Waals surface area contributed by atoms with Crippen molar-refractivity contribution in [2.24, 2.45) is 0 Å². The summed E-state index contributed by atoms with van der Waals surface area (Å²) in [5.74, 6) is -1.25. The van der Waals surface area contributed by atoms with Crippen molar-refractivity contribution in [3.8, 4) is 0 Å². The van der Waals surface area contributed by atoms with Gasteiger partial charge < -0.3 is 14.7 Å². The summed E-state index contributed by atoms with van der Waals surface area (Å²) in [6.07, 6.45) is 0. The van der Waals surface area contributed by atoms with E-state index in [2.05, 4.69) is 17.0 Å². The molecule has 0 aromatic heterocycles. The Kier molecular flexibility index (Phi) is 7.03. The van der Waals surface area contributed by atoms with Crippen LogP contribution in [0.3, 0.4) is 0 Å². The Balaban J connectivity index is 1.67. The second-order valence-electron chi connectivity index (χ2n) is 6.67. The topological polar surface area (TPSA) is 70.1 Å². The van der Waals surface area contributed by atoms with Crippen LogP contribution in [0.5, 0.6) is 0 Å². The normalized spacial score (nSPS) is 16.0. The molecule has 0 radical (unpaired) electrons. The first-order valence-electron chi connectivity index (χ1n) is 9.16. The lowest BCUT2D eigenvalue weighted by atomic mass is 9.96. The molecule has 1 heterocycles. The summed E-state index contributed by atoms with van der Waals surface area (Å²) in [4.78, 5) is 26.8. The van der Waals surface area contributed by atoms with Crippen LogP contribution in [0.4, 0.5) is 0 Å². The van der Waals surface area contributed by atoms with Crippen LogP contribution in [-0.2, 0) is 14.3 Å². The number of nitrogens with zero attached hydrogens (tertiary/aromatic N) is 2. The molecule has 3 rings (SSSR count). The highest BCUT2D eigenvalue weighted by Crippen LogP contribution is 2.30. The van der Waals surface area contributed by atoms with Gasteiger partial charge in [-0.2, -0.15) is 0 Å². The summed E-state index contributed by atoms with van der Waals surface area (Å²) in [6, 6.07) is 18.2. The Morgan fingerprint density at radius 3 is 2.14 bits per heavy atom. The smallest absolute Gasteiger partial charge is 0.329 e. The van der Waals surface area contributed by atoms with Crippen molar-refractivity contribution in [1.29, 1.82) is 0 Å². The van der Waals surface area contributed by atoms with E-state index in [1.165, 1.54) is 5.56 Å². The van der Waals surface area contributed by atoms with Crippen LogP contribution >= 0.6 is 11.6 Å². The lowest BCUT2D eigenvalue weighted by molar-refractivity contribution is -0.146. The van der Waals surface area contributed by atoms with Crippen molar-refractivity contribution in [2.45, 2.75) is 6.04 Å². The number of carboxylic acids is 1. The molecule has 0 saturated carbocycles. The SMILES string of the molecule is O=C(O)COCC(=O)N1CCN(C(c2ccccc2)c2ccc(Cl)cc2)CC1. The third-order valence-corrected chi connectivity index (χ3v) is 5.04. The summed E-state index contributed by atoms with van der Waals surface area (Å²) in [7, 11) is 0. The van der Waals surface area contributed by atoms with Crippen LogP contribution < -0.4 is 0 Å². The molecular weight excluding hydrogens is 380 g/mol. The number of halogens is 1. The molecule has 0 spiro atoms. The number of amides is 1. The third kappa shape index (κ3) is 5.32. The number of carboxylic acid groups (broad SMARTS) is 1. The monoisotopic (exact) mass is 402 g/mol. The van der Waals surface area contributed by atoms with Crippen molar-refractivity contribution in [3.05, 3.63) is 70.7 Å². The van der Waals surface area contributed by atoms with Gasteiger partial charge in [0.05, 0.1) is 6.04 Å². The maximum absolute atomic E-state index is 12.2. The van der Waals surface area contributed by atoms with E-state index in [0.717, 1.165) is 5.56 Å². The maximum atomic E-state index is 12.2. The van der Waals surface area contributed by atoms with Gasteiger partial charge in [0, 0.05) is 31.2 Å². The minimum atomic E-state index is -1.08. The zero-order valence-electron chi connectivity index (χ0n) is 15.5. The highest BCUT2D eigenvalue weighted by molar-refractivity contribution is 6.30. The summed E-state index contributed by atoms with van der Waals surface area (Å²) < 4.78 is 4.92. The Morgan fingerprint density at radius 2 is 1.54 bits per heavy atom. The fourth-order valence-electron chi connectivity index (χ4n) is 3.44. The summed E-state index contributed by atoms with van der Waals surface area (Å²) in [6.45, 7) is 1.92. The first kappa shape index (κ1) is 20.3. The molecule has 1 aliphatic heterocycles. The van der Waals surface area contributed by atoms with E-state index in [0.29, 0.717) is 31.2 Å². The quantitative estimate of drug-likeness (QED) is 0.771. The fraction of sp³-hybridized carbons (Fsp3) is 0.333. The number of carbonyl (C=O) groups excluding carboxylic acids is 1. The number of rotatable bonds is 7. The standard InChI is InChI=1S/C21H23ClN2O4/c22-18-8-6-17(7-9-18)21(16-4-2-1-3-5-16)24-12-10-23(11-13-24)19(25)14-28-15-20(26)27/h1-9,21H,10-15H2,(H,26,27). The van der Waals surface area contributed by atoms with Gasteiger partial charge in [-0.25, -0.2) is 4.79 Å². The van der Waals surface area contributed by atoms with Gasteiger partial charge in [0.25, 0.3) is 0 Å². The van der Waals surface area contributed by atoms with Crippen LogP contribution in [0, 0.1) is 0 Å². The van der Waals surface area contributed by atoms with E-state index in [4.69, 9.17) is 21.4 Å². The minimum Gasteiger partial charge on any atom is -0.480 e. The first-order valence-corrected chi connectivity index (χ1v) is 9.54. The number of benzene rings is 2. The Bertz CT molecular complexity index is 790. The van der Waals surface area contributed by atoms with Gasteiger partial charge in [-0.1, -0.05) is 54.1 Å². The molecule has 0 aliphatic carbocycles. The summed E-state index contributed by atoms with van der Waals surface area (Å²) >= 11 is 6.06. The number of piperazine rings is 1. The molecule has 0 bridgehead atoms. The third-order valence-electron chi connectivity index (χ3n) is 4.78. The predicted molar refractivity (Wildman–Crippen MR) is 106 cm³/mol. The second kappa shape index (κ2) is 9.68.